The smallest absolute Gasteiger partial charge is 0.407 e. The summed E-state index contributed by atoms with van der Waals surface area (Å²) in [5, 5.41) is 11.8. The molecule has 1 aliphatic heterocycles. The average Bonchev–Trinajstić information content (AvgIpc) is 3.01. The van der Waals surface area contributed by atoms with Crippen molar-refractivity contribution in [1.29, 1.82) is 0 Å². The lowest BCUT2D eigenvalue weighted by atomic mass is 10.0. The molecule has 9 nitrogen and oxygen atoms in total. The first-order valence-corrected chi connectivity index (χ1v) is 18.2. The first kappa shape index (κ1) is 39.8. The van der Waals surface area contributed by atoms with Crippen molar-refractivity contribution in [3.8, 4) is 0 Å². The predicted octanol–water partition coefficient (Wildman–Crippen LogP) is 7.39. The maximum atomic E-state index is 12.5. The number of aliphatic hydroxyl groups is 1. The van der Waals surface area contributed by atoms with Gasteiger partial charge < -0.3 is 15.2 Å². The number of carbonyl (C=O) groups excluding carboxylic acids is 1. The van der Waals surface area contributed by atoms with Crippen molar-refractivity contribution in [3.63, 3.8) is 0 Å². The molecule has 0 fully saturated rings. The number of hydrogen-bond donors (Lipinski definition) is 7. The Morgan fingerprint density at radius 3 is 1.74 bits per heavy atom. The lowest BCUT2D eigenvalue weighted by Crippen LogP contribution is -2.55. The summed E-state index contributed by atoms with van der Waals surface area (Å²) in [5.74, 6) is 0. The normalized spacial score (nSPS) is 21.1. The second-order valence-electron chi connectivity index (χ2n) is 12.3. The Kier molecular flexibility index (Phi) is 31.1. The van der Waals surface area contributed by atoms with Gasteiger partial charge in [0.2, 0.25) is 0 Å². The van der Waals surface area contributed by atoms with E-state index in [0.717, 1.165) is 51.5 Å². The molecular weight excluding hydrogens is 540 g/mol. The zero-order valence-electron chi connectivity index (χ0n) is 27.7. The molecule has 1 aliphatic rings. The number of carbonyl (C=O) groups is 1. The molecule has 1 unspecified atom stereocenters. The van der Waals surface area contributed by atoms with Gasteiger partial charge in [0.1, 0.15) is 6.10 Å². The maximum Gasteiger partial charge on any atom is 0.407 e. The van der Waals surface area contributed by atoms with Gasteiger partial charge in [-0.05, 0) is 32.1 Å². The Bertz CT molecular complexity index is 611. The highest BCUT2D eigenvalue weighted by molar-refractivity contribution is 5.67. The van der Waals surface area contributed by atoms with Gasteiger partial charge in [-0.1, -0.05) is 141 Å². The van der Waals surface area contributed by atoms with Crippen molar-refractivity contribution in [2.45, 2.75) is 173 Å². The van der Waals surface area contributed by atoms with Gasteiger partial charge in [0.15, 0.2) is 0 Å². The number of aliphatic hydroxyl groups excluding tert-OH is 1. The van der Waals surface area contributed by atoms with Crippen LogP contribution in [0.5, 0.6) is 0 Å². The van der Waals surface area contributed by atoms with E-state index in [1.165, 1.54) is 122 Å². The number of alkyl carbamates (subject to hydrolysis) is 1. The molecule has 0 radical (unpaired) electrons. The molecule has 1 amide bonds. The van der Waals surface area contributed by atoms with Crippen LogP contribution in [0.4, 0.5) is 4.79 Å². The number of hydrogen-bond acceptors (Lipinski definition) is 8. The van der Waals surface area contributed by atoms with Crippen molar-refractivity contribution in [2.75, 3.05) is 26.2 Å². The van der Waals surface area contributed by atoms with Gasteiger partial charge in [0, 0.05) is 32.7 Å². The number of hydrazine groups is 4. The second-order valence-corrected chi connectivity index (χ2v) is 12.3. The van der Waals surface area contributed by atoms with Crippen molar-refractivity contribution >= 4 is 6.09 Å². The summed E-state index contributed by atoms with van der Waals surface area (Å²) < 4.78 is 5.85. The van der Waals surface area contributed by atoms with Crippen LogP contribution in [0.25, 0.3) is 0 Å². The van der Waals surface area contributed by atoms with Gasteiger partial charge in [0.05, 0.1) is 0 Å². The van der Waals surface area contributed by atoms with E-state index in [2.05, 4.69) is 44.9 Å². The molecule has 1 rings (SSSR count). The molecule has 0 aromatic carbocycles. The SMILES string of the molecule is O=C(NCCCCCCCCCCCCO)OC1C/C=C\CNNNNNCCCCCCCCCCCCCCCC1. The molecule has 0 saturated carbocycles. The zero-order chi connectivity index (χ0) is 30.7. The van der Waals surface area contributed by atoms with Crippen LogP contribution in [0.15, 0.2) is 12.2 Å². The Morgan fingerprint density at radius 1 is 0.628 bits per heavy atom. The molecule has 7 N–H and O–H groups in total. The van der Waals surface area contributed by atoms with E-state index in [9.17, 15) is 4.79 Å². The summed E-state index contributed by atoms with van der Waals surface area (Å²) in [6.07, 6.45) is 35.7. The monoisotopic (exact) mass is 611 g/mol. The summed E-state index contributed by atoms with van der Waals surface area (Å²) in [5.41, 5.74) is 15.0. The first-order valence-electron chi connectivity index (χ1n) is 18.2. The van der Waals surface area contributed by atoms with E-state index in [1.54, 1.807) is 0 Å². The van der Waals surface area contributed by atoms with E-state index in [1.807, 2.05) is 0 Å². The van der Waals surface area contributed by atoms with E-state index < -0.39 is 0 Å². The predicted molar refractivity (Wildman–Crippen MR) is 180 cm³/mol. The number of unbranched alkanes of at least 4 members (excludes halogenated alkanes) is 9. The Labute approximate surface area is 264 Å². The summed E-state index contributed by atoms with van der Waals surface area (Å²) in [4.78, 5) is 12.5. The molecule has 0 aromatic heterocycles. The lowest BCUT2D eigenvalue weighted by molar-refractivity contribution is 0.0922. The van der Waals surface area contributed by atoms with Crippen molar-refractivity contribution in [2.24, 2.45) is 0 Å². The molecular formula is C34H70N6O3. The standard InChI is InChI=1S/C34H70N6O3/c41-32-26-20-16-12-8-7-10-14-18-23-29-35-34(42)43-33-27-21-17-13-9-5-3-1-2-4-6-11-15-19-24-30-36-38-40-39-37-31-25-22-28-33/h22,25,33,36-41H,1-21,23-24,26-32H2,(H,35,42)/b25-22-. The van der Waals surface area contributed by atoms with Gasteiger partial charge in [-0.2, -0.15) is 16.6 Å². The summed E-state index contributed by atoms with van der Waals surface area (Å²) in [7, 11) is 0. The number of rotatable bonds is 13. The van der Waals surface area contributed by atoms with Crippen LogP contribution in [-0.2, 0) is 4.74 Å². The summed E-state index contributed by atoms with van der Waals surface area (Å²) >= 11 is 0. The van der Waals surface area contributed by atoms with E-state index in [-0.39, 0.29) is 12.2 Å². The summed E-state index contributed by atoms with van der Waals surface area (Å²) in [6, 6.07) is 0. The number of amides is 1. The van der Waals surface area contributed by atoms with Crippen LogP contribution >= 0.6 is 0 Å². The molecule has 1 atom stereocenters. The van der Waals surface area contributed by atoms with Crippen LogP contribution in [0.1, 0.15) is 167 Å². The second kappa shape index (κ2) is 33.7. The molecule has 0 spiro atoms. The molecule has 0 aromatic rings. The molecule has 254 valence electrons. The first-order chi connectivity index (χ1) is 21.3. The highest BCUT2D eigenvalue weighted by atomic mass is 16.6. The fraction of sp³-hybridized carbons (Fsp3) is 0.912. The third-order valence-corrected chi connectivity index (χ3v) is 8.29. The van der Waals surface area contributed by atoms with Crippen LogP contribution in [0, 0.1) is 0 Å². The largest absolute Gasteiger partial charge is 0.446 e. The highest BCUT2D eigenvalue weighted by Crippen LogP contribution is 2.16. The van der Waals surface area contributed by atoms with Crippen LogP contribution < -0.4 is 32.8 Å². The fourth-order valence-electron chi connectivity index (χ4n) is 5.59. The minimum Gasteiger partial charge on any atom is -0.446 e. The van der Waals surface area contributed by atoms with Crippen LogP contribution in [0.2, 0.25) is 0 Å². The van der Waals surface area contributed by atoms with E-state index >= 15 is 0 Å². The zero-order valence-corrected chi connectivity index (χ0v) is 27.7. The Hall–Kier alpha value is -1.23. The Morgan fingerprint density at radius 2 is 1.14 bits per heavy atom. The van der Waals surface area contributed by atoms with Crippen molar-refractivity contribution < 1.29 is 14.6 Å². The third kappa shape index (κ3) is 30.6. The molecule has 0 aliphatic carbocycles. The molecule has 9 heteroatoms. The summed E-state index contributed by atoms with van der Waals surface area (Å²) in [6.45, 7) is 2.62. The fourth-order valence-corrected chi connectivity index (χ4v) is 5.59. The highest BCUT2D eigenvalue weighted by Gasteiger charge is 2.13. The molecule has 0 saturated heterocycles. The lowest BCUT2D eigenvalue weighted by Gasteiger charge is -2.17. The van der Waals surface area contributed by atoms with E-state index in [0.29, 0.717) is 19.7 Å². The van der Waals surface area contributed by atoms with Gasteiger partial charge in [0.25, 0.3) is 0 Å². The number of nitrogens with one attached hydrogen (secondary N) is 6. The van der Waals surface area contributed by atoms with Gasteiger partial charge in [-0.3, -0.25) is 0 Å². The van der Waals surface area contributed by atoms with Crippen molar-refractivity contribution in [1.82, 2.24) is 32.8 Å². The minimum absolute atomic E-state index is 0.0795. The average molecular weight is 611 g/mol. The number of ether oxygens (including phenoxy) is 1. The van der Waals surface area contributed by atoms with Crippen LogP contribution in [0.3, 0.4) is 0 Å². The topological polar surface area (TPSA) is 119 Å². The minimum atomic E-state index is -0.275. The molecule has 43 heavy (non-hydrogen) atoms. The van der Waals surface area contributed by atoms with Gasteiger partial charge in [-0.25, -0.2) is 15.6 Å². The van der Waals surface area contributed by atoms with Crippen molar-refractivity contribution in [3.05, 3.63) is 12.2 Å². The molecule has 0 bridgehead atoms. The third-order valence-electron chi connectivity index (χ3n) is 8.29. The molecule has 1 heterocycles. The van der Waals surface area contributed by atoms with Gasteiger partial charge in [-0.15, -0.1) is 0 Å². The van der Waals surface area contributed by atoms with Crippen LogP contribution in [-0.4, -0.2) is 43.5 Å². The van der Waals surface area contributed by atoms with E-state index in [4.69, 9.17) is 9.84 Å². The quantitative estimate of drug-likeness (QED) is 0.0852. The maximum absolute atomic E-state index is 12.5. The Balaban J connectivity index is 2.25. The van der Waals surface area contributed by atoms with Gasteiger partial charge >= 0.3 is 6.09 Å².